The Bertz CT molecular complexity index is 639. The van der Waals surface area contributed by atoms with Gasteiger partial charge in [0.1, 0.15) is 12.1 Å². The van der Waals surface area contributed by atoms with E-state index in [9.17, 15) is 9.59 Å². The number of carbonyl (C=O) groups is 2. The molecular weight excluding hydrogens is 332 g/mol. The van der Waals surface area contributed by atoms with Gasteiger partial charge in [0.25, 0.3) is 0 Å². The molecule has 2 rings (SSSR count). The average molecular weight is 362 g/mol. The number of benzene rings is 1. The van der Waals surface area contributed by atoms with Crippen LogP contribution in [0.1, 0.15) is 33.3 Å². The highest BCUT2D eigenvalue weighted by atomic mass is 16.6. The number of fused-ring (bicyclic) bond motifs is 1. The molecule has 1 heterocycles. The summed E-state index contributed by atoms with van der Waals surface area (Å²) in [4.78, 5) is 28.7. The normalized spacial score (nSPS) is 16.8. The number of nitrogens with zero attached hydrogens (tertiary/aromatic N) is 2. The maximum Gasteiger partial charge on any atom is 0.410 e. The molecule has 1 aliphatic heterocycles. The molecule has 0 radical (unpaired) electrons. The minimum Gasteiger partial charge on any atom is -0.444 e. The van der Waals surface area contributed by atoms with Crippen molar-refractivity contribution >= 4 is 17.7 Å². The van der Waals surface area contributed by atoms with Crippen molar-refractivity contribution in [1.29, 1.82) is 0 Å². The van der Waals surface area contributed by atoms with Crippen LogP contribution in [0.4, 0.5) is 10.5 Å². The van der Waals surface area contributed by atoms with E-state index in [1.807, 2.05) is 39.0 Å². The number of carbonyl (C=O) groups excluding carboxylic acids is 2. The fourth-order valence-corrected chi connectivity index (χ4v) is 3.04. The zero-order valence-electron chi connectivity index (χ0n) is 16.4. The third-order valence-electron chi connectivity index (χ3n) is 4.19. The maximum atomic E-state index is 13.0. The standard InChI is InChI=1S/C20H30N2O4/c1-15-12-16-8-6-7-9-17(16)22(13-15)18(23)14-21(10-11-25-5)19(24)26-20(2,3)4/h6-9,15H,10-14H2,1-5H3. The molecule has 0 bridgehead atoms. The number of methoxy groups -OCH3 is 1. The largest absolute Gasteiger partial charge is 0.444 e. The third kappa shape index (κ3) is 5.46. The topological polar surface area (TPSA) is 59.1 Å². The molecule has 0 N–H and O–H groups in total. The minimum atomic E-state index is -0.613. The van der Waals surface area contributed by atoms with E-state index >= 15 is 0 Å². The Balaban J connectivity index is 2.15. The number of rotatable bonds is 5. The third-order valence-corrected chi connectivity index (χ3v) is 4.19. The van der Waals surface area contributed by atoms with E-state index in [1.54, 1.807) is 12.0 Å². The van der Waals surface area contributed by atoms with Crippen molar-refractivity contribution in [2.24, 2.45) is 5.92 Å². The number of ether oxygens (including phenoxy) is 2. The molecule has 2 amide bonds. The number of amides is 2. The first-order valence-electron chi connectivity index (χ1n) is 9.06. The van der Waals surface area contributed by atoms with Gasteiger partial charge in [0, 0.05) is 25.9 Å². The molecule has 6 nitrogen and oxygen atoms in total. The molecule has 1 aromatic rings. The van der Waals surface area contributed by atoms with Gasteiger partial charge in [0.05, 0.1) is 6.61 Å². The Morgan fingerprint density at radius 2 is 1.96 bits per heavy atom. The Morgan fingerprint density at radius 1 is 1.27 bits per heavy atom. The van der Waals surface area contributed by atoms with Gasteiger partial charge in [-0.1, -0.05) is 25.1 Å². The summed E-state index contributed by atoms with van der Waals surface area (Å²) in [6, 6.07) is 7.95. The summed E-state index contributed by atoms with van der Waals surface area (Å²) in [5.74, 6) is 0.272. The first-order chi connectivity index (χ1) is 12.2. The van der Waals surface area contributed by atoms with Crippen LogP contribution in [-0.4, -0.2) is 55.9 Å². The number of hydrogen-bond acceptors (Lipinski definition) is 4. The fourth-order valence-electron chi connectivity index (χ4n) is 3.04. The summed E-state index contributed by atoms with van der Waals surface area (Å²) < 4.78 is 10.5. The number of para-hydroxylation sites is 1. The molecule has 6 heteroatoms. The highest BCUT2D eigenvalue weighted by Gasteiger charge is 2.30. The predicted octanol–water partition coefficient (Wildman–Crippen LogP) is 3.10. The molecule has 0 aliphatic carbocycles. The lowest BCUT2D eigenvalue weighted by atomic mass is 9.94. The highest BCUT2D eigenvalue weighted by molar-refractivity contribution is 5.97. The number of hydrogen-bond donors (Lipinski definition) is 0. The Morgan fingerprint density at radius 3 is 2.62 bits per heavy atom. The van der Waals surface area contributed by atoms with E-state index in [2.05, 4.69) is 13.0 Å². The molecule has 1 atom stereocenters. The zero-order chi connectivity index (χ0) is 19.3. The van der Waals surface area contributed by atoms with Gasteiger partial charge in [-0.05, 0) is 44.7 Å². The smallest absolute Gasteiger partial charge is 0.410 e. The van der Waals surface area contributed by atoms with Crippen LogP contribution in [0.15, 0.2) is 24.3 Å². The lowest BCUT2D eigenvalue weighted by molar-refractivity contribution is -0.120. The first kappa shape index (κ1) is 20.2. The molecule has 0 fully saturated rings. The van der Waals surface area contributed by atoms with Crippen LogP contribution in [-0.2, 0) is 20.7 Å². The SMILES string of the molecule is COCCN(CC(=O)N1CC(C)Cc2ccccc21)C(=O)OC(C)(C)C. The van der Waals surface area contributed by atoms with Crippen molar-refractivity contribution in [3.8, 4) is 0 Å². The van der Waals surface area contributed by atoms with E-state index in [1.165, 1.54) is 10.5 Å². The second-order valence-electron chi connectivity index (χ2n) is 7.84. The number of anilines is 1. The van der Waals surface area contributed by atoms with Crippen molar-refractivity contribution in [2.45, 2.75) is 39.7 Å². The summed E-state index contributed by atoms with van der Waals surface area (Å²) in [5, 5.41) is 0. The Labute approximate surface area is 156 Å². The molecule has 144 valence electrons. The summed E-state index contributed by atoms with van der Waals surface area (Å²) in [5.41, 5.74) is 1.49. The maximum absolute atomic E-state index is 13.0. The molecule has 0 saturated heterocycles. The van der Waals surface area contributed by atoms with Crippen molar-refractivity contribution in [2.75, 3.05) is 38.3 Å². The average Bonchev–Trinajstić information content (AvgIpc) is 2.55. The highest BCUT2D eigenvalue weighted by Crippen LogP contribution is 2.29. The van der Waals surface area contributed by atoms with Crippen LogP contribution in [0.25, 0.3) is 0 Å². The van der Waals surface area contributed by atoms with Crippen molar-refractivity contribution < 1.29 is 19.1 Å². The second kappa shape index (κ2) is 8.54. The van der Waals surface area contributed by atoms with Crippen molar-refractivity contribution in [1.82, 2.24) is 4.90 Å². The molecule has 1 unspecified atom stereocenters. The lowest BCUT2D eigenvalue weighted by Crippen LogP contribution is -2.48. The van der Waals surface area contributed by atoms with Gasteiger partial charge in [0.2, 0.25) is 5.91 Å². The van der Waals surface area contributed by atoms with E-state index in [0.29, 0.717) is 25.6 Å². The summed E-state index contributed by atoms with van der Waals surface area (Å²) >= 11 is 0. The molecule has 26 heavy (non-hydrogen) atoms. The Hall–Kier alpha value is -2.08. The van der Waals surface area contributed by atoms with Crippen molar-refractivity contribution in [3.63, 3.8) is 0 Å². The Kier molecular flexibility index (Phi) is 6.64. The molecule has 0 spiro atoms. The molecular formula is C20H30N2O4. The van der Waals surface area contributed by atoms with Crippen LogP contribution in [0.2, 0.25) is 0 Å². The van der Waals surface area contributed by atoms with Gasteiger partial charge in [-0.15, -0.1) is 0 Å². The van der Waals surface area contributed by atoms with Gasteiger partial charge >= 0.3 is 6.09 Å². The summed E-state index contributed by atoms with van der Waals surface area (Å²) in [6.07, 6.45) is 0.459. The predicted molar refractivity (Wildman–Crippen MR) is 101 cm³/mol. The van der Waals surface area contributed by atoms with Crippen LogP contribution >= 0.6 is 0 Å². The molecule has 0 aromatic heterocycles. The van der Waals surface area contributed by atoms with Crippen molar-refractivity contribution in [3.05, 3.63) is 29.8 Å². The quantitative estimate of drug-likeness (QED) is 0.808. The summed E-state index contributed by atoms with van der Waals surface area (Å²) in [6.45, 7) is 8.84. The molecule has 1 aromatic carbocycles. The second-order valence-corrected chi connectivity index (χ2v) is 7.84. The van der Waals surface area contributed by atoms with E-state index < -0.39 is 11.7 Å². The van der Waals surface area contributed by atoms with Gasteiger partial charge in [0.15, 0.2) is 0 Å². The van der Waals surface area contributed by atoms with E-state index in [0.717, 1.165) is 12.1 Å². The van der Waals surface area contributed by atoms with Gasteiger partial charge in [-0.3, -0.25) is 9.69 Å². The van der Waals surface area contributed by atoms with Gasteiger partial charge in [-0.25, -0.2) is 4.79 Å². The zero-order valence-corrected chi connectivity index (χ0v) is 16.4. The minimum absolute atomic E-state index is 0.0284. The van der Waals surface area contributed by atoms with Crippen LogP contribution < -0.4 is 4.90 Å². The van der Waals surface area contributed by atoms with Gasteiger partial charge < -0.3 is 14.4 Å². The van der Waals surface area contributed by atoms with E-state index in [4.69, 9.17) is 9.47 Å². The van der Waals surface area contributed by atoms with Crippen LogP contribution in [0, 0.1) is 5.92 Å². The molecule has 0 saturated carbocycles. The lowest BCUT2D eigenvalue weighted by Gasteiger charge is -2.35. The first-order valence-corrected chi connectivity index (χ1v) is 9.06. The van der Waals surface area contributed by atoms with Gasteiger partial charge in [-0.2, -0.15) is 0 Å². The monoisotopic (exact) mass is 362 g/mol. The van der Waals surface area contributed by atoms with E-state index in [-0.39, 0.29) is 12.5 Å². The van der Waals surface area contributed by atoms with Crippen LogP contribution in [0.3, 0.4) is 0 Å². The van der Waals surface area contributed by atoms with Crippen LogP contribution in [0.5, 0.6) is 0 Å². The summed E-state index contributed by atoms with van der Waals surface area (Å²) in [7, 11) is 1.57. The fraction of sp³-hybridized carbons (Fsp3) is 0.600. The molecule has 1 aliphatic rings.